The Bertz CT molecular complexity index is 326. The molecule has 0 bridgehead atoms. The van der Waals surface area contributed by atoms with E-state index in [0.717, 1.165) is 11.8 Å². The van der Waals surface area contributed by atoms with E-state index in [1.54, 1.807) is 0 Å². The number of pyridine rings is 1. The summed E-state index contributed by atoms with van der Waals surface area (Å²) in [6.07, 6.45) is 6.50. The highest BCUT2D eigenvalue weighted by molar-refractivity contribution is 5.14. The first-order valence-electron chi connectivity index (χ1n) is 6.82. The van der Waals surface area contributed by atoms with E-state index in [2.05, 4.69) is 42.8 Å². The maximum atomic E-state index is 4.09. The third-order valence-corrected chi connectivity index (χ3v) is 4.25. The number of rotatable bonds is 3. The Labute approximate surface area is 105 Å². The van der Waals surface area contributed by atoms with E-state index in [1.165, 1.54) is 31.5 Å². The molecule has 0 aromatic carbocycles. The molecule has 1 aromatic rings. The molecule has 0 radical (unpaired) electrons. The molecular weight excluding hydrogens is 208 g/mol. The number of piperidine rings is 1. The van der Waals surface area contributed by atoms with Crippen LogP contribution in [0.1, 0.15) is 45.2 Å². The lowest BCUT2D eigenvalue weighted by atomic mass is 9.86. The summed E-state index contributed by atoms with van der Waals surface area (Å²) >= 11 is 0. The number of hydrogen-bond acceptors (Lipinski definition) is 2. The Hall–Kier alpha value is -0.890. The van der Waals surface area contributed by atoms with Gasteiger partial charge in [0.15, 0.2) is 0 Å². The molecule has 2 nitrogen and oxygen atoms in total. The van der Waals surface area contributed by atoms with Crippen molar-refractivity contribution in [3.63, 3.8) is 0 Å². The fourth-order valence-corrected chi connectivity index (χ4v) is 2.83. The molecule has 0 aliphatic carbocycles. The highest BCUT2D eigenvalue weighted by Crippen LogP contribution is 2.29. The second-order valence-electron chi connectivity index (χ2n) is 5.57. The maximum absolute atomic E-state index is 4.09. The van der Waals surface area contributed by atoms with Gasteiger partial charge in [-0.25, -0.2) is 0 Å². The molecule has 2 heterocycles. The standard InChI is InChI=1S/C15H24N2/c1-12(2)14-6-10-17(11-7-14)13(3)15-4-8-16-9-5-15/h4-5,8-9,12-14H,6-7,10-11H2,1-3H3. The largest absolute Gasteiger partial charge is 0.297 e. The van der Waals surface area contributed by atoms with E-state index in [0.29, 0.717) is 6.04 Å². The van der Waals surface area contributed by atoms with E-state index >= 15 is 0 Å². The molecule has 1 fully saturated rings. The van der Waals surface area contributed by atoms with Crippen LogP contribution in [0.15, 0.2) is 24.5 Å². The van der Waals surface area contributed by atoms with E-state index in [-0.39, 0.29) is 0 Å². The van der Waals surface area contributed by atoms with Crippen LogP contribution in [0.4, 0.5) is 0 Å². The number of aromatic nitrogens is 1. The molecule has 2 rings (SSSR count). The van der Waals surface area contributed by atoms with Crippen LogP contribution < -0.4 is 0 Å². The average molecular weight is 232 g/mol. The summed E-state index contributed by atoms with van der Waals surface area (Å²) in [5.74, 6) is 1.77. The Balaban J connectivity index is 1.93. The summed E-state index contributed by atoms with van der Waals surface area (Å²) in [7, 11) is 0. The molecule has 94 valence electrons. The highest BCUT2D eigenvalue weighted by Gasteiger charge is 2.24. The average Bonchev–Trinajstić information content (AvgIpc) is 2.39. The number of likely N-dealkylation sites (tertiary alicyclic amines) is 1. The van der Waals surface area contributed by atoms with Gasteiger partial charge in [-0.05, 0) is 62.4 Å². The van der Waals surface area contributed by atoms with Crippen LogP contribution in [0.25, 0.3) is 0 Å². The van der Waals surface area contributed by atoms with Crippen LogP contribution in [0.2, 0.25) is 0 Å². The fourth-order valence-electron chi connectivity index (χ4n) is 2.83. The SMILES string of the molecule is CC(C)C1CCN(C(C)c2ccncc2)CC1. The van der Waals surface area contributed by atoms with Gasteiger partial charge < -0.3 is 0 Å². The molecule has 0 spiro atoms. The molecule has 0 saturated carbocycles. The topological polar surface area (TPSA) is 16.1 Å². The molecular formula is C15H24N2. The Morgan fingerprint density at radius 3 is 2.24 bits per heavy atom. The zero-order valence-corrected chi connectivity index (χ0v) is 11.3. The van der Waals surface area contributed by atoms with E-state index < -0.39 is 0 Å². The van der Waals surface area contributed by atoms with Crippen molar-refractivity contribution < 1.29 is 0 Å². The molecule has 1 atom stereocenters. The van der Waals surface area contributed by atoms with Crippen molar-refractivity contribution >= 4 is 0 Å². The van der Waals surface area contributed by atoms with Crippen LogP contribution >= 0.6 is 0 Å². The summed E-state index contributed by atoms with van der Waals surface area (Å²) in [6.45, 7) is 9.50. The minimum absolute atomic E-state index is 0.533. The third kappa shape index (κ3) is 3.06. The van der Waals surface area contributed by atoms with Gasteiger partial charge in [-0.3, -0.25) is 9.88 Å². The summed E-state index contributed by atoms with van der Waals surface area (Å²) in [5, 5.41) is 0. The van der Waals surface area contributed by atoms with Gasteiger partial charge in [0.25, 0.3) is 0 Å². The molecule has 1 aromatic heterocycles. The smallest absolute Gasteiger partial charge is 0.0320 e. The van der Waals surface area contributed by atoms with Crippen LogP contribution in [-0.4, -0.2) is 23.0 Å². The predicted octanol–water partition coefficient (Wildman–Crippen LogP) is 3.51. The normalized spacial score (nSPS) is 20.7. The monoisotopic (exact) mass is 232 g/mol. The van der Waals surface area contributed by atoms with Gasteiger partial charge in [-0.15, -0.1) is 0 Å². The third-order valence-electron chi connectivity index (χ3n) is 4.25. The lowest BCUT2D eigenvalue weighted by Gasteiger charge is -2.37. The molecule has 2 heteroatoms. The summed E-state index contributed by atoms with van der Waals surface area (Å²) < 4.78 is 0. The molecule has 1 aliphatic rings. The molecule has 0 amide bonds. The van der Waals surface area contributed by atoms with E-state index in [4.69, 9.17) is 0 Å². The molecule has 1 unspecified atom stereocenters. The first-order valence-corrected chi connectivity index (χ1v) is 6.82. The minimum atomic E-state index is 0.533. The molecule has 0 N–H and O–H groups in total. The van der Waals surface area contributed by atoms with Crippen LogP contribution in [0.5, 0.6) is 0 Å². The molecule has 1 saturated heterocycles. The summed E-state index contributed by atoms with van der Waals surface area (Å²) in [6, 6.07) is 4.81. The first kappa shape index (κ1) is 12.6. The van der Waals surface area contributed by atoms with Crippen LogP contribution in [-0.2, 0) is 0 Å². The van der Waals surface area contributed by atoms with Crippen molar-refractivity contribution in [1.82, 2.24) is 9.88 Å². The highest BCUT2D eigenvalue weighted by atomic mass is 15.2. The number of hydrogen-bond donors (Lipinski definition) is 0. The van der Waals surface area contributed by atoms with Gasteiger partial charge in [-0.1, -0.05) is 13.8 Å². The van der Waals surface area contributed by atoms with Gasteiger partial charge in [0.2, 0.25) is 0 Å². The lowest BCUT2D eigenvalue weighted by molar-refractivity contribution is 0.122. The van der Waals surface area contributed by atoms with Crippen molar-refractivity contribution in [2.45, 2.75) is 39.7 Å². The first-order chi connectivity index (χ1) is 8.18. The maximum Gasteiger partial charge on any atom is 0.0320 e. The van der Waals surface area contributed by atoms with Crippen molar-refractivity contribution in [2.75, 3.05) is 13.1 Å². The lowest BCUT2D eigenvalue weighted by Crippen LogP contribution is -2.36. The zero-order chi connectivity index (χ0) is 12.3. The van der Waals surface area contributed by atoms with Crippen LogP contribution in [0, 0.1) is 11.8 Å². The van der Waals surface area contributed by atoms with Gasteiger partial charge in [0, 0.05) is 18.4 Å². The van der Waals surface area contributed by atoms with Crippen molar-refractivity contribution in [1.29, 1.82) is 0 Å². The van der Waals surface area contributed by atoms with Crippen LogP contribution in [0.3, 0.4) is 0 Å². The molecule has 1 aliphatic heterocycles. The summed E-state index contributed by atoms with van der Waals surface area (Å²) in [4.78, 5) is 6.70. The van der Waals surface area contributed by atoms with Crippen molar-refractivity contribution in [2.24, 2.45) is 11.8 Å². The zero-order valence-electron chi connectivity index (χ0n) is 11.3. The predicted molar refractivity (Wildman–Crippen MR) is 71.8 cm³/mol. The Morgan fingerprint density at radius 2 is 1.71 bits per heavy atom. The number of nitrogens with zero attached hydrogens (tertiary/aromatic N) is 2. The van der Waals surface area contributed by atoms with Crippen molar-refractivity contribution in [3.05, 3.63) is 30.1 Å². The van der Waals surface area contributed by atoms with E-state index in [1.807, 2.05) is 12.4 Å². The van der Waals surface area contributed by atoms with Gasteiger partial charge in [0.1, 0.15) is 0 Å². The second-order valence-corrected chi connectivity index (χ2v) is 5.57. The molecule has 17 heavy (non-hydrogen) atoms. The second kappa shape index (κ2) is 5.63. The Kier molecular flexibility index (Phi) is 4.16. The quantitative estimate of drug-likeness (QED) is 0.793. The van der Waals surface area contributed by atoms with Crippen molar-refractivity contribution in [3.8, 4) is 0 Å². The Morgan fingerprint density at radius 1 is 1.12 bits per heavy atom. The minimum Gasteiger partial charge on any atom is -0.297 e. The van der Waals surface area contributed by atoms with E-state index in [9.17, 15) is 0 Å². The fraction of sp³-hybridized carbons (Fsp3) is 0.667. The van der Waals surface area contributed by atoms with Gasteiger partial charge in [0.05, 0.1) is 0 Å². The van der Waals surface area contributed by atoms with Gasteiger partial charge in [-0.2, -0.15) is 0 Å². The van der Waals surface area contributed by atoms with Gasteiger partial charge >= 0.3 is 0 Å². The summed E-state index contributed by atoms with van der Waals surface area (Å²) in [5.41, 5.74) is 1.39.